The van der Waals surface area contributed by atoms with E-state index >= 15 is 0 Å². The fourth-order valence-electron chi connectivity index (χ4n) is 2.14. The van der Waals surface area contributed by atoms with E-state index in [2.05, 4.69) is 10.6 Å². The normalized spacial score (nSPS) is 17.1. The van der Waals surface area contributed by atoms with Crippen LogP contribution in [0.2, 0.25) is 0 Å². The molecule has 6 nitrogen and oxygen atoms in total. The Labute approximate surface area is 112 Å². The first-order valence-corrected chi connectivity index (χ1v) is 7.66. The number of nitrogens with two attached hydrogens (primary N) is 1. The van der Waals surface area contributed by atoms with Crippen molar-refractivity contribution in [2.75, 3.05) is 18.4 Å². The minimum absolute atomic E-state index is 0.0581. The van der Waals surface area contributed by atoms with Crippen LogP contribution in [0.4, 0.5) is 5.69 Å². The molecule has 1 aliphatic heterocycles. The van der Waals surface area contributed by atoms with Crippen molar-refractivity contribution < 1.29 is 13.2 Å². The molecule has 1 saturated heterocycles. The van der Waals surface area contributed by atoms with Gasteiger partial charge in [0.2, 0.25) is 15.9 Å². The lowest BCUT2D eigenvalue weighted by molar-refractivity contribution is -0.120. The van der Waals surface area contributed by atoms with Gasteiger partial charge in [-0.25, -0.2) is 13.6 Å². The van der Waals surface area contributed by atoms with Crippen molar-refractivity contribution >= 4 is 21.6 Å². The number of hydrogen-bond acceptors (Lipinski definition) is 4. The van der Waals surface area contributed by atoms with Crippen LogP contribution >= 0.6 is 0 Å². The molecule has 1 fully saturated rings. The van der Waals surface area contributed by atoms with E-state index in [1.807, 2.05) is 0 Å². The first-order chi connectivity index (χ1) is 8.98. The van der Waals surface area contributed by atoms with E-state index in [4.69, 9.17) is 5.14 Å². The Bertz CT molecular complexity index is 565. The first-order valence-electron chi connectivity index (χ1n) is 6.12. The van der Waals surface area contributed by atoms with Gasteiger partial charge in [-0.05, 0) is 38.1 Å². The summed E-state index contributed by atoms with van der Waals surface area (Å²) >= 11 is 0. The number of nitrogens with one attached hydrogen (secondary N) is 2. The average molecular weight is 283 g/mol. The summed E-state index contributed by atoms with van der Waals surface area (Å²) in [5.41, 5.74) is 0.244. The van der Waals surface area contributed by atoms with Gasteiger partial charge in [-0.3, -0.25) is 4.79 Å². The standard InChI is InChI=1S/C12H17N3O3S/c13-19(17,18)11-4-2-1-3-10(11)15-12(16)9-5-7-14-8-6-9/h1-4,9,14H,5-8H2,(H,15,16)(H2,13,17,18). The number of amides is 1. The van der Waals surface area contributed by atoms with E-state index in [0.717, 1.165) is 25.9 Å². The smallest absolute Gasteiger partial charge is 0.240 e. The van der Waals surface area contributed by atoms with Gasteiger partial charge in [-0.2, -0.15) is 0 Å². The lowest BCUT2D eigenvalue weighted by atomic mass is 9.97. The SMILES string of the molecule is NS(=O)(=O)c1ccccc1NC(=O)C1CCNCC1. The predicted octanol–water partition coefficient (Wildman–Crippen LogP) is 0.272. The first kappa shape index (κ1) is 14.0. The van der Waals surface area contributed by atoms with Crippen LogP contribution in [0, 0.1) is 5.92 Å². The monoisotopic (exact) mass is 283 g/mol. The van der Waals surface area contributed by atoms with Crippen molar-refractivity contribution in [3.63, 3.8) is 0 Å². The van der Waals surface area contributed by atoms with Crippen molar-refractivity contribution in [1.29, 1.82) is 0 Å². The molecule has 7 heteroatoms. The van der Waals surface area contributed by atoms with Crippen molar-refractivity contribution in [3.05, 3.63) is 24.3 Å². The quantitative estimate of drug-likeness (QED) is 0.741. The van der Waals surface area contributed by atoms with Gasteiger partial charge < -0.3 is 10.6 Å². The summed E-state index contributed by atoms with van der Waals surface area (Å²) < 4.78 is 22.9. The molecular formula is C12H17N3O3S. The maximum atomic E-state index is 12.1. The molecule has 0 bridgehead atoms. The van der Waals surface area contributed by atoms with Crippen molar-refractivity contribution in [1.82, 2.24) is 5.32 Å². The number of anilines is 1. The van der Waals surface area contributed by atoms with Crippen LogP contribution in [-0.2, 0) is 14.8 Å². The molecule has 19 heavy (non-hydrogen) atoms. The highest BCUT2D eigenvalue weighted by atomic mass is 32.2. The molecule has 1 amide bonds. The Morgan fingerprint density at radius 3 is 2.53 bits per heavy atom. The fraction of sp³-hybridized carbons (Fsp3) is 0.417. The van der Waals surface area contributed by atoms with Crippen LogP contribution < -0.4 is 15.8 Å². The van der Waals surface area contributed by atoms with Crippen LogP contribution in [0.5, 0.6) is 0 Å². The summed E-state index contributed by atoms with van der Waals surface area (Å²) in [6.45, 7) is 1.60. The number of benzene rings is 1. The van der Waals surface area contributed by atoms with Gasteiger partial charge in [-0.15, -0.1) is 0 Å². The molecule has 0 atom stereocenters. The third-order valence-corrected chi connectivity index (χ3v) is 4.13. The molecule has 0 aliphatic carbocycles. The summed E-state index contributed by atoms with van der Waals surface area (Å²) in [4.78, 5) is 12.0. The number of para-hydroxylation sites is 1. The van der Waals surface area contributed by atoms with Crippen molar-refractivity contribution in [2.24, 2.45) is 11.1 Å². The second-order valence-corrected chi connectivity index (χ2v) is 6.08. The van der Waals surface area contributed by atoms with Gasteiger partial charge in [0.15, 0.2) is 0 Å². The molecule has 0 unspecified atom stereocenters. The third-order valence-electron chi connectivity index (χ3n) is 3.16. The highest BCUT2D eigenvalue weighted by molar-refractivity contribution is 7.89. The fourth-order valence-corrected chi connectivity index (χ4v) is 2.83. The number of sulfonamides is 1. The molecule has 0 aromatic heterocycles. The summed E-state index contributed by atoms with van der Waals surface area (Å²) in [7, 11) is -3.84. The second kappa shape index (κ2) is 5.68. The van der Waals surface area contributed by atoms with E-state index < -0.39 is 10.0 Å². The van der Waals surface area contributed by atoms with Gasteiger partial charge in [-0.1, -0.05) is 12.1 Å². The third kappa shape index (κ3) is 3.52. The maximum absolute atomic E-state index is 12.1. The number of carbonyl (C=O) groups excluding carboxylic acids is 1. The molecule has 1 aromatic carbocycles. The maximum Gasteiger partial charge on any atom is 0.240 e. The topological polar surface area (TPSA) is 101 Å². The number of hydrogen-bond donors (Lipinski definition) is 3. The largest absolute Gasteiger partial charge is 0.325 e. The molecule has 4 N–H and O–H groups in total. The number of primary sulfonamides is 1. The Morgan fingerprint density at radius 2 is 1.89 bits per heavy atom. The second-order valence-electron chi connectivity index (χ2n) is 4.55. The Kier molecular flexibility index (Phi) is 4.18. The summed E-state index contributed by atoms with van der Waals surface area (Å²) in [6.07, 6.45) is 1.51. The molecule has 0 spiro atoms. The van der Waals surface area contributed by atoms with Crippen LogP contribution in [0.3, 0.4) is 0 Å². The minimum Gasteiger partial charge on any atom is -0.325 e. The van der Waals surface area contributed by atoms with Crippen LogP contribution in [0.1, 0.15) is 12.8 Å². The van der Waals surface area contributed by atoms with Crippen LogP contribution in [0.25, 0.3) is 0 Å². The van der Waals surface area contributed by atoms with Crippen molar-refractivity contribution in [2.45, 2.75) is 17.7 Å². The van der Waals surface area contributed by atoms with E-state index in [0.29, 0.717) is 0 Å². The van der Waals surface area contributed by atoms with Gasteiger partial charge in [0.25, 0.3) is 0 Å². The lowest BCUT2D eigenvalue weighted by Gasteiger charge is -2.22. The Balaban J connectivity index is 2.17. The number of rotatable bonds is 3. The highest BCUT2D eigenvalue weighted by Gasteiger charge is 2.22. The van der Waals surface area contributed by atoms with E-state index in [9.17, 15) is 13.2 Å². The molecule has 0 radical (unpaired) electrons. The highest BCUT2D eigenvalue weighted by Crippen LogP contribution is 2.21. The number of carbonyl (C=O) groups is 1. The predicted molar refractivity (Wildman–Crippen MR) is 72.0 cm³/mol. The van der Waals surface area contributed by atoms with Crippen LogP contribution in [0.15, 0.2) is 29.2 Å². The molecule has 1 heterocycles. The summed E-state index contributed by atoms with van der Waals surface area (Å²) in [5.74, 6) is -0.243. The molecular weight excluding hydrogens is 266 g/mol. The Morgan fingerprint density at radius 1 is 1.26 bits per heavy atom. The average Bonchev–Trinajstić information content (AvgIpc) is 2.39. The van der Waals surface area contributed by atoms with Gasteiger partial charge in [0.05, 0.1) is 5.69 Å². The van der Waals surface area contributed by atoms with Crippen molar-refractivity contribution in [3.8, 4) is 0 Å². The molecule has 0 saturated carbocycles. The Hall–Kier alpha value is -1.44. The van der Waals surface area contributed by atoms with E-state index in [-0.39, 0.29) is 22.4 Å². The zero-order chi connectivity index (χ0) is 13.9. The molecule has 1 aliphatic rings. The zero-order valence-electron chi connectivity index (χ0n) is 10.4. The summed E-state index contributed by atoms with van der Waals surface area (Å²) in [5, 5.41) is 11.0. The molecule has 1 aromatic rings. The van der Waals surface area contributed by atoms with Gasteiger partial charge in [0, 0.05) is 5.92 Å². The van der Waals surface area contributed by atoms with E-state index in [1.165, 1.54) is 6.07 Å². The molecule has 2 rings (SSSR count). The van der Waals surface area contributed by atoms with Gasteiger partial charge in [0.1, 0.15) is 4.90 Å². The van der Waals surface area contributed by atoms with E-state index in [1.54, 1.807) is 18.2 Å². The van der Waals surface area contributed by atoms with Crippen LogP contribution in [-0.4, -0.2) is 27.4 Å². The lowest BCUT2D eigenvalue weighted by Crippen LogP contribution is -2.35. The zero-order valence-corrected chi connectivity index (χ0v) is 11.2. The van der Waals surface area contributed by atoms with Gasteiger partial charge >= 0.3 is 0 Å². The number of piperidine rings is 1. The summed E-state index contributed by atoms with van der Waals surface area (Å²) in [6, 6.07) is 6.15. The minimum atomic E-state index is -3.84. The molecule has 104 valence electrons.